The van der Waals surface area contributed by atoms with Crippen molar-refractivity contribution in [2.75, 3.05) is 7.05 Å². The number of amides is 2. The van der Waals surface area contributed by atoms with E-state index in [-0.39, 0.29) is 11.6 Å². The third-order valence-corrected chi connectivity index (χ3v) is 4.72. The number of rotatable bonds is 5. The predicted octanol–water partition coefficient (Wildman–Crippen LogP) is 1.87. The largest absolute Gasteiger partial charge is 0.364 e. The second-order valence-electron chi connectivity index (χ2n) is 6.67. The molecule has 1 aromatic carbocycles. The van der Waals surface area contributed by atoms with E-state index in [2.05, 4.69) is 15.1 Å². The standard InChI is InChI=1S/C20H22N6O2/c1-12-16(13(2)26(4)24-12)11-25(3)20(28)15-7-5-14(6-8-15)17-9-22-10-18(23-17)19(21)27/h5-10H,11H2,1-4H3,(H2,21,27). The van der Waals surface area contributed by atoms with Gasteiger partial charge in [0.25, 0.3) is 11.8 Å². The van der Waals surface area contributed by atoms with Gasteiger partial charge in [0.05, 0.1) is 23.8 Å². The fraction of sp³-hybridized carbons (Fsp3) is 0.250. The Morgan fingerprint density at radius 1 is 1.14 bits per heavy atom. The van der Waals surface area contributed by atoms with Crippen molar-refractivity contribution in [3.63, 3.8) is 0 Å². The van der Waals surface area contributed by atoms with Crippen LogP contribution >= 0.6 is 0 Å². The summed E-state index contributed by atoms with van der Waals surface area (Å²) < 4.78 is 1.82. The minimum Gasteiger partial charge on any atom is -0.364 e. The van der Waals surface area contributed by atoms with Crippen LogP contribution in [0, 0.1) is 13.8 Å². The van der Waals surface area contributed by atoms with Gasteiger partial charge in [-0.05, 0) is 26.0 Å². The highest BCUT2D eigenvalue weighted by atomic mass is 16.2. The van der Waals surface area contributed by atoms with E-state index in [1.807, 2.05) is 25.6 Å². The zero-order valence-corrected chi connectivity index (χ0v) is 16.3. The molecule has 8 heteroatoms. The molecule has 2 N–H and O–H groups in total. The lowest BCUT2D eigenvalue weighted by Crippen LogP contribution is -2.26. The molecule has 28 heavy (non-hydrogen) atoms. The Labute approximate surface area is 163 Å². The van der Waals surface area contributed by atoms with Crippen molar-refractivity contribution in [3.8, 4) is 11.3 Å². The molecular weight excluding hydrogens is 356 g/mol. The molecule has 8 nitrogen and oxygen atoms in total. The van der Waals surface area contributed by atoms with Crippen LogP contribution in [0.1, 0.15) is 37.8 Å². The van der Waals surface area contributed by atoms with Crippen LogP contribution in [0.3, 0.4) is 0 Å². The number of carbonyl (C=O) groups excluding carboxylic acids is 2. The highest BCUT2D eigenvalue weighted by molar-refractivity contribution is 5.94. The number of hydrogen-bond acceptors (Lipinski definition) is 5. The Morgan fingerprint density at radius 3 is 2.39 bits per heavy atom. The van der Waals surface area contributed by atoms with Crippen LogP contribution in [0.4, 0.5) is 0 Å². The maximum Gasteiger partial charge on any atom is 0.268 e. The molecular formula is C20H22N6O2. The van der Waals surface area contributed by atoms with E-state index >= 15 is 0 Å². The summed E-state index contributed by atoms with van der Waals surface area (Å²) in [5, 5.41) is 4.39. The highest BCUT2D eigenvalue weighted by Gasteiger charge is 2.17. The Morgan fingerprint density at radius 2 is 1.82 bits per heavy atom. The lowest BCUT2D eigenvalue weighted by molar-refractivity contribution is 0.0784. The van der Waals surface area contributed by atoms with Crippen LogP contribution in [-0.4, -0.2) is 43.5 Å². The Hall–Kier alpha value is -3.55. The normalized spacial score (nSPS) is 10.7. The summed E-state index contributed by atoms with van der Waals surface area (Å²) in [5.41, 5.74) is 10.2. The van der Waals surface area contributed by atoms with Crippen molar-refractivity contribution in [2.45, 2.75) is 20.4 Å². The smallest absolute Gasteiger partial charge is 0.268 e. The Kier molecular flexibility index (Phi) is 5.21. The monoisotopic (exact) mass is 378 g/mol. The summed E-state index contributed by atoms with van der Waals surface area (Å²) >= 11 is 0. The number of aromatic nitrogens is 4. The number of nitrogens with zero attached hydrogens (tertiary/aromatic N) is 5. The summed E-state index contributed by atoms with van der Waals surface area (Å²) in [6, 6.07) is 7.01. The molecule has 2 heterocycles. The molecule has 0 aliphatic rings. The lowest BCUT2D eigenvalue weighted by Gasteiger charge is -2.18. The van der Waals surface area contributed by atoms with Gasteiger partial charge < -0.3 is 10.6 Å². The SMILES string of the molecule is Cc1nn(C)c(C)c1CN(C)C(=O)c1ccc(-c2cncc(C(N)=O)n2)cc1. The topological polar surface area (TPSA) is 107 Å². The highest BCUT2D eigenvalue weighted by Crippen LogP contribution is 2.19. The first-order chi connectivity index (χ1) is 13.3. The van der Waals surface area contributed by atoms with Gasteiger partial charge in [-0.25, -0.2) is 4.98 Å². The predicted molar refractivity (Wildman–Crippen MR) is 104 cm³/mol. The molecule has 0 radical (unpaired) electrons. The van der Waals surface area contributed by atoms with Crippen molar-refractivity contribution in [2.24, 2.45) is 12.8 Å². The Bertz CT molecular complexity index is 1040. The molecule has 2 aromatic heterocycles. The number of nitrogens with two attached hydrogens (primary N) is 1. The van der Waals surface area contributed by atoms with E-state index in [1.54, 1.807) is 42.4 Å². The minimum atomic E-state index is -0.635. The minimum absolute atomic E-state index is 0.0915. The fourth-order valence-electron chi connectivity index (χ4n) is 2.98. The number of aryl methyl sites for hydroxylation is 2. The van der Waals surface area contributed by atoms with E-state index in [1.165, 1.54) is 6.20 Å². The molecule has 3 rings (SSSR count). The first-order valence-corrected chi connectivity index (χ1v) is 8.74. The summed E-state index contributed by atoms with van der Waals surface area (Å²) in [6.07, 6.45) is 2.87. The summed E-state index contributed by atoms with van der Waals surface area (Å²) in [5.74, 6) is -0.727. The van der Waals surface area contributed by atoms with E-state index < -0.39 is 5.91 Å². The van der Waals surface area contributed by atoms with Crippen LogP contribution < -0.4 is 5.73 Å². The van der Waals surface area contributed by atoms with Gasteiger partial charge in [-0.3, -0.25) is 19.3 Å². The lowest BCUT2D eigenvalue weighted by atomic mass is 10.1. The molecule has 144 valence electrons. The van der Waals surface area contributed by atoms with Crippen LogP contribution in [0.5, 0.6) is 0 Å². The number of hydrogen-bond donors (Lipinski definition) is 1. The van der Waals surface area contributed by atoms with E-state index in [0.29, 0.717) is 17.8 Å². The van der Waals surface area contributed by atoms with Crippen LogP contribution in [0.15, 0.2) is 36.7 Å². The van der Waals surface area contributed by atoms with Gasteiger partial charge in [0.2, 0.25) is 0 Å². The first-order valence-electron chi connectivity index (χ1n) is 8.74. The van der Waals surface area contributed by atoms with Gasteiger partial charge in [-0.15, -0.1) is 0 Å². The number of benzene rings is 1. The maximum absolute atomic E-state index is 12.8. The fourth-order valence-corrected chi connectivity index (χ4v) is 2.98. The van der Waals surface area contributed by atoms with Gasteiger partial charge in [-0.1, -0.05) is 12.1 Å². The molecule has 0 spiro atoms. The molecule has 0 fully saturated rings. The molecule has 0 unspecified atom stereocenters. The molecule has 3 aromatic rings. The average Bonchev–Trinajstić information content (AvgIpc) is 2.93. The van der Waals surface area contributed by atoms with Crippen LogP contribution in [0.25, 0.3) is 11.3 Å². The van der Waals surface area contributed by atoms with E-state index in [4.69, 9.17) is 5.73 Å². The number of carbonyl (C=O) groups is 2. The molecule has 0 aliphatic heterocycles. The molecule has 0 aliphatic carbocycles. The summed E-state index contributed by atoms with van der Waals surface area (Å²) in [7, 11) is 3.66. The maximum atomic E-state index is 12.8. The van der Waals surface area contributed by atoms with Crippen molar-refractivity contribution in [1.29, 1.82) is 0 Å². The molecule has 0 saturated heterocycles. The number of primary amides is 1. The van der Waals surface area contributed by atoms with Crippen molar-refractivity contribution < 1.29 is 9.59 Å². The van der Waals surface area contributed by atoms with Crippen molar-refractivity contribution in [3.05, 3.63) is 64.9 Å². The average molecular weight is 378 g/mol. The summed E-state index contributed by atoms with van der Waals surface area (Å²) in [4.78, 5) is 33.9. The zero-order chi connectivity index (χ0) is 20.4. The van der Waals surface area contributed by atoms with E-state index in [9.17, 15) is 9.59 Å². The van der Waals surface area contributed by atoms with Gasteiger partial charge in [0.15, 0.2) is 0 Å². The van der Waals surface area contributed by atoms with Crippen molar-refractivity contribution >= 4 is 11.8 Å². The molecule has 0 atom stereocenters. The summed E-state index contributed by atoms with van der Waals surface area (Å²) in [6.45, 7) is 4.42. The van der Waals surface area contributed by atoms with Crippen molar-refractivity contribution in [1.82, 2.24) is 24.6 Å². The second kappa shape index (κ2) is 7.59. The third kappa shape index (κ3) is 3.75. The van der Waals surface area contributed by atoms with E-state index in [0.717, 1.165) is 22.5 Å². The molecule has 2 amide bonds. The van der Waals surface area contributed by atoms with Crippen LogP contribution in [0.2, 0.25) is 0 Å². The first kappa shape index (κ1) is 19.2. The van der Waals surface area contributed by atoms with Crippen LogP contribution in [-0.2, 0) is 13.6 Å². The molecule has 0 bridgehead atoms. The second-order valence-corrected chi connectivity index (χ2v) is 6.67. The third-order valence-electron chi connectivity index (χ3n) is 4.72. The van der Waals surface area contributed by atoms with Gasteiger partial charge in [0, 0.05) is 43.0 Å². The quantitative estimate of drug-likeness (QED) is 0.729. The van der Waals surface area contributed by atoms with Gasteiger partial charge in [-0.2, -0.15) is 5.10 Å². The zero-order valence-electron chi connectivity index (χ0n) is 16.3. The van der Waals surface area contributed by atoms with Gasteiger partial charge >= 0.3 is 0 Å². The Balaban J connectivity index is 1.78. The van der Waals surface area contributed by atoms with Gasteiger partial charge in [0.1, 0.15) is 5.69 Å². The molecule has 0 saturated carbocycles.